The highest BCUT2D eigenvalue weighted by Crippen LogP contribution is 2.06. The zero-order chi connectivity index (χ0) is 15.1. The number of aromatic nitrogens is 3. The molecule has 21 heavy (non-hydrogen) atoms. The molecule has 0 fully saturated rings. The summed E-state index contributed by atoms with van der Waals surface area (Å²) < 4.78 is 2.05. The first-order valence-corrected chi connectivity index (χ1v) is 7.48. The lowest BCUT2D eigenvalue weighted by Gasteiger charge is -2.16. The van der Waals surface area contributed by atoms with Crippen LogP contribution in [-0.4, -0.2) is 33.0 Å². The molecule has 5 heteroatoms. The summed E-state index contributed by atoms with van der Waals surface area (Å²) in [6.45, 7) is 5.77. The molecule has 0 aliphatic rings. The van der Waals surface area contributed by atoms with E-state index < -0.39 is 0 Å². The predicted octanol–water partition coefficient (Wildman–Crippen LogP) is 1.95. The van der Waals surface area contributed by atoms with Gasteiger partial charge in [-0.1, -0.05) is 13.0 Å². The van der Waals surface area contributed by atoms with Crippen LogP contribution in [0, 0.1) is 0 Å². The van der Waals surface area contributed by atoms with Gasteiger partial charge in [0.15, 0.2) is 0 Å². The van der Waals surface area contributed by atoms with Crippen LogP contribution < -0.4 is 5.32 Å². The van der Waals surface area contributed by atoms with Crippen molar-refractivity contribution in [3.63, 3.8) is 0 Å². The second-order valence-corrected chi connectivity index (χ2v) is 5.46. The predicted molar refractivity (Wildman–Crippen MR) is 84.6 cm³/mol. The van der Waals surface area contributed by atoms with Gasteiger partial charge in [0.05, 0.1) is 12.2 Å². The molecule has 0 aliphatic heterocycles. The third-order valence-corrected chi connectivity index (χ3v) is 3.41. The Labute approximate surface area is 127 Å². The van der Waals surface area contributed by atoms with Gasteiger partial charge in [0.1, 0.15) is 5.82 Å². The highest BCUT2D eigenvalue weighted by molar-refractivity contribution is 5.14. The first kappa shape index (κ1) is 15.7. The fourth-order valence-corrected chi connectivity index (χ4v) is 2.19. The Hall–Kier alpha value is -1.72. The van der Waals surface area contributed by atoms with Crippen LogP contribution in [0.1, 0.15) is 30.4 Å². The van der Waals surface area contributed by atoms with E-state index in [0.717, 1.165) is 44.1 Å². The number of nitrogens with zero attached hydrogens (tertiary/aromatic N) is 4. The van der Waals surface area contributed by atoms with Crippen molar-refractivity contribution in [1.82, 2.24) is 24.8 Å². The Morgan fingerprint density at radius 2 is 2.10 bits per heavy atom. The topological polar surface area (TPSA) is 46.0 Å². The Morgan fingerprint density at radius 3 is 2.71 bits per heavy atom. The van der Waals surface area contributed by atoms with Crippen molar-refractivity contribution >= 4 is 0 Å². The molecular formula is C16H25N5. The van der Waals surface area contributed by atoms with Crippen molar-refractivity contribution in [1.29, 1.82) is 0 Å². The molecule has 2 heterocycles. The van der Waals surface area contributed by atoms with E-state index >= 15 is 0 Å². The molecule has 114 valence electrons. The van der Waals surface area contributed by atoms with Crippen molar-refractivity contribution in [3.8, 4) is 0 Å². The standard InChI is InChI=1S/C16H25N5/c1-4-7-17-10-14-5-6-15(19-11-14)12-20(2)13-16-18-8-9-21(16)3/h5-6,8-9,11,17H,4,7,10,12-13H2,1-3H3. The molecule has 2 rings (SSSR count). The quantitative estimate of drug-likeness (QED) is 0.754. The van der Waals surface area contributed by atoms with E-state index in [1.807, 2.05) is 30.2 Å². The summed E-state index contributed by atoms with van der Waals surface area (Å²) in [4.78, 5) is 11.1. The molecule has 0 saturated heterocycles. The van der Waals surface area contributed by atoms with Crippen molar-refractivity contribution in [2.75, 3.05) is 13.6 Å². The van der Waals surface area contributed by atoms with Crippen LogP contribution in [0.25, 0.3) is 0 Å². The molecule has 0 aromatic carbocycles. The van der Waals surface area contributed by atoms with E-state index in [4.69, 9.17) is 0 Å². The van der Waals surface area contributed by atoms with Gasteiger partial charge in [0.25, 0.3) is 0 Å². The van der Waals surface area contributed by atoms with Gasteiger partial charge in [-0.05, 0) is 31.6 Å². The van der Waals surface area contributed by atoms with E-state index in [-0.39, 0.29) is 0 Å². The summed E-state index contributed by atoms with van der Waals surface area (Å²) in [6, 6.07) is 4.26. The Kier molecular flexibility index (Phi) is 5.90. The molecule has 2 aromatic heterocycles. The van der Waals surface area contributed by atoms with E-state index in [1.54, 1.807) is 0 Å². The second kappa shape index (κ2) is 7.90. The zero-order valence-electron chi connectivity index (χ0n) is 13.2. The van der Waals surface area contributed by atoms with Crippen LogP contribution in [0.4, 0.5) is 0 Å². The molecule has 1 N–H and O–H groups in total. The molecule has 0 unspecified atom stereocenters. The fraction of sp³-hybridized carbons (Fsp3) is 0.500. The van der Waals surface area contributed by atoms with E-state index in [9.17, 15) is 0 Å². The number of aryl methyl sites for hydroxylation is 1. The lowest BCUT2D eigenvalue weighted by atomic mass is 10.2. The summed E-state index contributed by atoms with van der Waals surface area (Å²) in [6.07, 6.45) is 6.93. The van der Waals surface area contributed by atoms with Crippen molar-refractivity contribution in [2.45, 2.75) is 33.0 Å². The van der Waals surface area contributed by atoms with E-state index in [0.29, 0.717) is 0 Å². The minimum atomic E-state index is 0.824. The van der Waals surface area contributed by atoms with Gasteiger partial charge in [0, 0.05) is 38.7 Å². The van der Waals surface area contributed by atoms with Gasteiger partial charge >= 0.3 is 0 Å². The highest BCUT2D eigenvalue weighted by atomic mass is 15.2. The molecule has 0 bridgehead atoms. The molecule has 0 radical (unpaired) electrons. The second-order valence-electron chi connectivity index (χ2n) is 5.46. The summed E-state index contributed by atoms with van der Waals surface area (Å²) in [5.74, 6) is 1.07. The maximum Gasteiger partial charge on any atom is 0.122 e. The number of rotatable bonds is 8. The van der Waals surface area contributed by atoms with Crippen LogP contribution in [0.3, 0.4) is 0 Å². The molecule has 0 amide bonds. The van der Waals surface area contributed by atoms with Gasteiger partial charge in [-0.25, -0.2) is 4.98 Å². The molecule has 0 atom stereocenters. The van der Waals surface area contributed by atoms with Crippen molar-refractivity contribution < 1.29 is 0 Å². The largest absolute Gasteiger partial charge is 0.337 e. The molecule has 0 saturated carbocycles. The van der Waals surface area contributed by atoms with Crippen LogP contribution in [0.2, 0.25) is 0 Å². The average molecular weight is 287 g/mol. The molecule has 2 aromatic rings. The van der Waals surface area contributed by atoms with Crippen LogP contribution in [0.5, 0.6) is 0 Å². The zero-order valence-corrected chi connectivity index (χ0v) is 13.2. The third-order valence-electron chi connectivity index (χ3n) is 3.41. The van der Waals surface area contributed by atoms with Crippen molar-refractivity contribution in [2.24, 2.45) is 7.05 Å². The Balaban J connectivity index is 1.83. The van der Waals surface area contributed by atoms with Gasteiger partial charge in [-0.15, -0.1) is 0 Å². The first-order valence-electron chi connectivity index (χ1n) is 7.48. The number of imidazole rings is 1. The lowest BCUT2D eigenvalue weighted by molar-refractivity contribution is 0.303. The average Bonchev–Trinajstić information content (AvgIpc) is 2.86. The number of pyridine rings is 1. The minimum Gasteiger partial charge on any atom is -0.337 e. The first-order chi connectivity index (χ1) is 10.2. The lowest BCUT2D eigenvalue weighted by Crippen LogP contribution is -2.20. The summed E-state index contributed by atoms with van der Waals surface area (Å²) in [7, 11) is 4.11. The Bertz CT molecular complexity index is 532. The monoisotopic (exact) mass is 287 g/mol. The van der Waals surface area contributed by atoms with Gasteiger partial charge in [-0.3, -0.25) is 9.88 Å². The van der Waals surface area contributed by atoms with Gasteiger partial charge in [0.2, 0.25) is 0 Å². The van der Waals surface area contributed by atoms with Crippen LogP contribution >= 0.6 is 0 Å². The number of hydrogen-bond donors (Lipinski definition) is 1. The van der Waals surface area contributed by atoms with Gasteiger partial charge in [-0.2, -0.15) is 0 Å². The molecule has 0 spiro atoms. The van der Waals surface area contributed by atoms with E-state index in [2.05, 4.69) is 46.3 Å². The molecular weight excluding hydrogens is 262 g/mol. The number of hydrogen-bond acceptors (Lipinski definition) is 4. The van der Waals surface area contributed by atoms with Crippen LogP contribution in [0.15, 0.2) is 30.7 Å². The Morgan fingerprint density at radius 1 is 1.24 bits per heavy atom. The normalized spacial score (nSPS) is 11.2. The maximum atomic E-state index is 4.54. The molecule has 0 aliphatic carbocycles. The summed E-state index contributed by atoms with van der Waals surface area (Å²) in [5, 5.41) is 3.39. The van der Waals surface area contributed by atoms with Gasteiger partial charge < -0.3 is 9.88 Å². The minimum absolute atomic E-state index is 0.824. The van der Waals surface area contributed by atoms with Crippen molar-refractivity contribution in [3.05, 3.63) is 47.8 Å². The molecule has 5 nitrogen and oxygen atoms in total. The maximum absolute atomic E-state index is 4.54. The summed E-state index contributed by atoms with van der Waals surface area (Å²) >= 11 is 0. The number of nitrogens with one attached hydrogen (secondary N) is 1. The SMILES string of the molecule is CCCNCc1ccc(CN(C)Cc2nccn2C)nc1. The third kappa shape index (κ3) is 4.95. The fourth-order valence-electron chi connectivity index (χ4n) is 2.19. The summed E-state index contributed by atoms with van der Waals surface area (Å²) in [5.41, 5.74) is 2.32. The smallest absolute Gasteiger partial charge is 0.122 e. The van der Waals surface area contributed by atoms with E-state index in [1.165, 1.54) is 5.56 Å². The van der Waals surface area contributed by atoms with Crippen LogP contribution in [-0.2, 0) is 26.7 Å². The highest BCUT2D eigenvalue weighted by Gasteiger charge is 2.06.